The zero-order valence-corrected chi connectivity index (χ0v) is 12.1. The van der Waals surface area contributed by atoms with Crippen LogP contribution in [0.1, 0.15) is 30.6 Å². The molecule has 0 saturated heterocycles. The Morgan fingerprint density at radius 1 is 1.47 bits per heavy atom. The van der Waals surface area contributed by atoms with Gasteiger partial charge in [-0.2, -0.15) is 4.39 Å². The molecule has 1 aromatic rings. The van der Waals surface area contributed by atoms with E-state index in [2.05, 4.69) is 4.90 Å². The van der Waals surface area contributed by atoms with Crippen LogP contribution in [0.2, 0.25) is 0 Å². The Labute approximate surface area is 116 Å². The lowest BCUT2D eigenvalue weighted by Gasteiger charge is -2.44. The van der Waals surface area contributed by atoms with Gasteiger partial charge in [-0.1, -0.05) is 0 Å². The van der Waals surface area contributed by atoms with Crippen molar-refractivity contribution in [1.82, 2.24) is 4.90 Å². The normalized spacial score (nSPS) is 27.7. The smallest absolute Gasteiger partial charge is 0.206 e. The van der Waals surface area contributed by atoms with Gasteiger partial charge in [-0.15, -0.1) is 11.3 Å². The predicted octanol–water partition coefficient (Wildman–Crippen LogP) is 3.11. The molecule has 1 heterocycles. The van der Waals surface area contributed by atoms with Gasteiger partial charge in [0.25, 0.3) is 0 Å². The van der Waals surface area contributed by atoms with E-state index in [9.17, 15) is 14.5 Å². The van der Waals surface area contributed by atoms with E-state index >= 15 is 0 Å². The number of rotatable bonds is 4. The molecule has 1 aliphatic rings. The van der Waals surface area contributed by atoms with Crippen LogP contribution in [0.25, 0.3) is 0 Å². The number of halogens is 1. The maximum Gasteiger partial charge on any atom is 0.206 e. The first kappa shape index (κ1) is 14.4. The lowest BCUT2D eigenvalue weighted by molar-refractivity contribution is -0.489. The van der Waals surface area contributed by atoms with E-state index < -0.39 is 0 Å². The Kier molecular flexibility index (Phi) is 4.20. The van der Waals surface area contributed by atoms with Crippen molar-refractivity contribution in [3.05, 3.63) is 32.3 Å². The second kappa shape index (κ2) is 5.54. The first-order chi connectivity index (χ1) is 8.94. The first-order valence-corrected chi connectivity index (χ1v) is 7.31. The lowest BCUT2D eigenvalue weighted by Crippen LogP contribution is -2.44. The van der Waals surface area contributed by atoms with Crippen LogP contribution >= 0.6 is 11.3 Å². The fourth-order valence-electron chi connectivity index (χ4n) is 3.03. The van der Waals surface area contributed by atoms with Crippen molar-refractivity contribution in [2.45, 2.75) is 31.2 Å². The van der Waals surface area contributed by atoms with E-state index in [-0.39, 0.29) is 28.1 Å². The zero-order chi connectivity index (χ0) is 14.0. The standard InChI is InChI=1S/C13H19FN2O2S/c1-15(2)13(11-3-4-12(14)19-11)7-5-10(6-8-13)9-16(17)18/h3-4,10H,5-9H2,1-2H3. The molecule has 0 bridgehead atoms. The summed E-state index contributed by atoms with van der Waals surface area (Å²) < 4.78 is 13.3. The maximum atomic E-state index is 13.3. The second-order valence-electron chi connectivity index (χ2n) is 5.49. The summed E-state index contributed by atoms with van der Waals surface area (Å²) in [5.74, 6) is 0.160. The van der Waals surface area contributed by atoms with Crippen LogP contribution in [0.3, 0.4) is 0 Å². The fraction of sp³-hybridized carbons (Fsp3) is 0.692. The predicted molar refractivity (Wildman–Crippen MR) is 73.5 cm³/mol. The summed E-state index contributed by atoms with van der Waals surface area (Å²) in [6.07, 6.45) is 3.38. The summed E-state index contributed by atoms with van der Waals surface area (Å²) in [6.45, 7) is 0.0578. The van der Waals surface area contributed by atoms with Crippen molar-refractivity contribution in [3.8, 4) is 0 Å². The van der Waals surface area contributed by atoms with E-state index in [1.54, 1.807) is 0 Å². The lowest BCUT2D eigenvalue weighted by atomic mass is 9.75. The van der Waals surface area contributed by atoms with Crippen molar-refractivity contribution in [2.75, 3.05) is 20.6 Å². The third-order valence-electron chi connectivity index (χ3n) is 4.23. The molecule has 0 aliphatic heterocycles. The largest absolute Gasteiger partial charge is 0.299 e. The van der Waals surface area contributed by atoms with E-state index in [4.69, 9.17) is 0 Å². The highest BCUT2D eigenvalue weighted by molar-refractivity contribution is 7.10. The van der Waals surface area contributed by atoms with Crippen molar-refractivity contribution in [1.29, 1.82) is 0 Å². The minimum Gasteiger partial charge on any atom is -0.299 e. The molecule has 0 atom stereocenters. The summed E-state index contributed by atoms with van der Waals surface area (Å²) in [7, 11) is 4.01. The molecule has 2 rings (SSSR count). The van der Waals surface area contributed by atoms with Gasteiger partial charge in [-0.3, -0.25) is 15.0 Å². The van der Waals surface area contributed by atoms with Crippen LogP contribution < -0.4 is 0 Å². The van der Waals surface area contributed by atoms with E-state index in [0.717, 1.165) is 30.6 Å². The van der Waals surface area contributed by atoms with Gasteiger partial charge in [-0.05, 0) is 51.9 Å². The highest BCUT2D eigenvalue weighted by Crippen LogP contribution is 2.45. The van der Waals surface area contributed by atoms with Gasteiger partial charge >= 0.3 is 0 Å². The van der Waals surface area contributed by atoms with Crippen LogP contribution in [0.4, 0.5) is 4.39 Å². The molecule has 0 aromatic carbocycles. The maximum absolute atomic E-state index is 13.3. The molecular formula is C13H19FN2O2S. The molecule has 1 saturated carbocycles. The van der Waals surface area contributed by atoms with Crippen LogP contribution in [-0.4, -0.2) is 30.5 Å². The summed E-state index contributed by atoms with van der Waals surface area (Å²) in [5.41, 5.74) is -0.151. The molecule has 19 heavy (non-hydrogen) atoms. The highest BCUT2D eigenvalue weighted by Gasteiger charge is 2.40. The monoisotopic (exact) mass is 286 g/mol. The quantitative estimate of drug-likeness (QED) is 0.631. The van der Waals surface area contributed by atoms with E-state index in [1.807, 2.05) is 20.2 Å². The summed E-state index contributed by atoms with van der Waals surface area (Å²) in [5, 5.41) is 10.4. The molecule has 1 aliphatic carbocycles. The van der Waals surface area contributed by atoms with Crippen LogP contribution in [-0.2, 0) is 5.54 Å². The fourth-order valence-corrected chi connectivity index (χ4v) is 4.09. The topological polar surface area (TPSA) is 46.4 Å². The molecule has 6 heteroatoms. The van der Waals surface area contributed by atoms with Gasteiger partial charge in [0.05, 0.1) is 5.54 Å². The van der Waals surface area contributed by atoms with Gasteiger partial charge < -0.3 is 0 Å². The van der Waals surface area contributed by atoms with E-state index in [0.29, 0.717) is 0 Å². The molecule has 0 spiro atoms. The van der Waals surface area contributed by atoms with Crippen LogP contribution in [0, 0.1) is 21.2 Å². The van der Waals surface area contributed by atoms with Crippen LogP contribution in [0.15, 0.2) is 12.1 Å². The second-order valence-corrected chi connectivity index (χ2v) is 6.52. The van der Waals surface area contributed by atoms with Crippen molar-refractivity contribution in [3.63, 3.8) is 0 Å². The van der Waals surface area contributed by atoms with Crippen molar-refractivity contribution < 1.29 is 9.31 Å². The summed E-state index contributed by atoms with van der Waals surface area (Å²) in [4.78, 5) is 13.5. The minimum absolute atomic E-state index is 0.0578. The Morgan fingerprint density at radius 2 is 2.11 bits per heavy atom. The van der Waals surface area contributed by atoms with Gasteiger partial charge in [0.15, 0.2) is 5.13 Å². The molecule has 0 amide bonds. The minimum atomic E-state index is -0.224. The molecule has 4 nitrogen and oxygen atoms in total. The number of nitrogens with zero attached hydrogens (tertiary/aromatic N) is 2. The number of hydrogen-bond donors (Lipinski definition) is 0. The van der Waals surface area contributed by atoms with Gasteiger partial charge in [0.1, 0.15) is 0 Å². The third kappa shape index (κ3) is 2.95. The number of thiophene rings is 1. The number of nitro groups is 1. The van der Waals surface area contributed by atoms with Gasteiger partial charge in [-0.25, -0.2) is 0 Å². The molecule has 0 N–H and O–H groups in total. The molecule has 1 fully saturated rings. The summed E-state index contributed by atoms with van der Waals surface area (Å²) in [6, 6.07) is 3.36. The van der Waals surface area contributed by atoms with E-state index in [1.165, 1.54) is 17.4 Å². The van der Waals surface area contributed by atoms with Crippen molar-refractivity contribution >= 4 is 11.3 Å². The van der Waals surface area contributed by atoms with Gasteiger partial charge in [0.2, 0.25) is 6.54 Å². The third-order valence-corrected chi connectivity index (χ3v) is 5.29. The van der Waals surface area contributed by atoms with Crippen LogP contribution in [0.5, 0.6) is 0 Å². The first-order valence-electron chi connectivity index (χ1n) is 6.49. The zero-order valence-electron chi connectivity index (χ0n) is 11.3. The molecule has 106 valence electrons. The Bertz CT molecular complexity index is 453. The Hall–Kier alpha value is -1.01. The number of hydrogen-bond acceptors (Lipinski definition) is 4. The molecule has 1 aromatic heterocycles. The highest BCUT2D eigenvalue weighted by atomic mass is 32.1. The average molecular weight is 286 g/mol. The van der Waals surface area contributed by atoms with Crippen molar-refractivity contribution in [2.24, 2.45) is 5.92 Å². The SMILES string of the molecule is CN(C)C1(c2ccc(F)s2)CCC(C[N+](=O)[O-])CC1. The Balaban J connectivity index is 2.14. The average Bonchev–Trinajstić information content (AvgIpc) is 2.76. The molecule has 0 radical (unpaired) electrons. The molecular weight excluding hydrogens is 267 g/mol. The molecule has 0 unspecified atom stereocenters. The Morgan fingerprint density at radius 3 is 2.53 bits per heavy atom. The summed E-state index contributed by atoms with van der Waals surface area (Å²) >= 11 is 1.19. The van der Waals surface area contributed by atoms with Gasteiger partial charge in [0, 0.05) is 15.7 Å².